The molecule has 0 saturated carbocycles. The van der Waals surface area contributed by atoms with Crippen molar-refractivity contribution in [3.63, 3.8) is 0 Å². The van der Waals surface area contributed by atoms with E-state index in [0.717, 1.165) is 5.39 Å². The number of pyridine rings is 1. The number of aromatic nitrogens is 1. The van der Waals surface area contributed by atoms with Gasteiger partial charge in [-0.3, -0.25) is 14.4 Å². The van der Waals surface area contributed by atoms with E-state index >= 15 is 0 Å². The lowest BCUT2D eigenvalue weighted by Crippen LogP contribution is -2.38. The van der Waals surface area contributed by atoms with E-state index in [4.69, 9.17) is 9.47 Å². The van der Waals surface area contributed by atoms with Crippen molar-refractivity contribution in [3.05, 3.63) is 64.6 Å². The van der Waals surface area contributed by atoms with Gasteiger partial charge >= 0.3 is 0 Å². The molecule has 0 radical (unpaired) electrons. The zero-order valence-corrected chi connectivity index (χ0v) is 16.2. The van der Waals surface area contributed by atoms with Crippen molar-refractivity contribution in [2.45, 2.75) is 13.5 Å². The highest BCUT2D eigenvalue weighted by atomic mass is 16.5. The lowest BCUT2D eigenvalue weighted by molar-refractivity contribution is -0.121. The Labute approximate surface area is 167 Å². The number of methoxy groups -OCH3 is 1. The third kappa shape index (κ3) is 3.35. The number of Topliss-reactive ketones (excluding diaryl/α,β-unsaturated/α-hetero) is 1. The van der Waals surface area contributed by atoms with Crippen LogP contribution in [0.4, 0.5) is 5.69 Å². The van der Waals surface area contributed by atoms with Gasteiger partial charge in [-0.25, -0.2) is 0 Å². The number of anilines is 1. The Morgan fingerprint density at radius 1 is 1.14 bits per heavy atom. The number of carbonyl (C=O) groups is 2. The number of rotatable bonds is 5. The average Bonchev–Trinajstić information content (AvgIpc) is 2.74. The van der Waals surface area contributed by atoms with Crippen molar-refractivity contribution in [1.82, 2.24) is 4.57 Å². The van der Waals surface area contributed by atoms with Crippen molar-refractivity contribution in [2.24, 2.45) is 0 Å². The minimum atomic E-state index is -0.245. The van der Waals surface area contributed by atoms with E-state index in [1.807, 2.05) is 6.92 Å². The smallest absolute Gasteiger partial charge is 0.265 e. The molecule has 1 aliphatic heterocycles. The number of ketones is 1. The van der Waals surface area contributed by atoms with Crippen molar-refractivity contribution < 1.29 is 19.1 Å². The number of nitrogens with zero attached hydrogens (tertiary/aromatic N) is 2. The molecule has 148 valence electrons. The van der Waals surface area contributed by atoms with Crippen LogP contribution in [0, 0.1) is 0 Å². The molecule has 29 heavy (non-hydrogen) atoms. The third-order valence-electron chi connectivity index (χ3n) is 5.04. The predicted octanol–water partition coefficient (Wildman–Crippen LogP) is 2.64. The summed E-state index contributed by atoms with van der Waals surface area (Å²) in [4.78, 5) is 39.2. The monoisotopic (exact) mass is 392 g/mol. The highest BCUT2D eigenvalue weighted by Crippen LogP contribution is 2.33. The summed E-state index contributed by atoms with van der Waals surface area (Å²) in [5.41, 5.74) is 0.750. The minimum absolute atomic E-state index is 0.00853. The van der Waals surface area contributed by atoms with E-state index in [1.165, 1.54) is 4.57 Å². The fraction of sp³-hybridized carbons (Fsp3) is 0.227. The van der Waals surface area contributed by atoms with Crippen LogP contribution in [0.3, 0.4) is 0 Å². The summed E-state index contributed by atoms with van der Waals surface area (Å²) in [6.07, 6.45) is 1.60. The summed E-state index contributed by atoms with van der Waals surface area (Å²) in [5, 5.41) is 1.27. The average molecular weight is 392 g/mol. The van der Waals surface area contributed by atoms with E-state index < -0.39 is 0 Å². The van der Waals surface area contributed by atoms with Gasteiger partial charge in [-0.15, -0.1) is 0 Å². The Morgan fingerprint density at radius 3 is 2.72 bits per heavy atom. The summed E-state index contributed by atoms with van der Waals surface area (Å²) in [5.74, 6) is 0.861. The Kier molecular flexibility index (Phi) is 4.80. The number of fused-ring (bicyclic) bond motifs is 2. The first-order chi connectivity index (χ1) is 14.0. The van der Waals surface area contributed by atoms with Gasteiger partial charge in [0.15, 0.2) is 12.4 Å². The van der Waals surface area contributed by atoms with Crippen LogP contribution in [0.25, 0.3) is 10.8 Å². The van der Waals surface area contributed by atoms with E-state index in [9.17, 15) is 14.4 Å². The molecule has 0 unspecified atom stereocenters. The van der Waals surface area contributed by atoms with Crippen molar-refractivity contribution >= 4 is 28.2 Å². The van der Waals surface area contributed by atoms with Gasteiger partial charge < -0.3 is 18.9 Å². The number of ether oxygens (including phenoxy) is 2. The third-order valence-corrected chi connectivity index (χ3v) is 5.04. The quantitative estimate of drug-likeness (QED) is 0.624. The van der Waals surface area contributed by atoms with Gasteiger partial charge in [0.25, 0.3) is 11.5 Å². The normalized spacial score (nSPS) is 13.2. The van der Waals surface area contributed by atoms with Crippen LogP contribution in [0.15, 0.2) is 53.5 Å². The minimum Gasteiger partial charge on any atom is -0.497 e. The van der Waals surface area contributed by atoms with Gasteiger partial charge in [0.05, 0.1) is 19.3 Å². The Hall–Kier alpha value is -3.61. The molecule has 1 aliphatic rings. The largest absolute Gasteiger partial charge is 0.497 e. The predicted molar refractivity (Wildman–Crippen MR) is 109 cm³/mol. The van der Waals surface area contributed by atoms with Crippen LogP contribution in [-0.4, -0.2) is 36.5 Å². The second-order valence-corrected chi connectivity index (χ2v) is 6.73. The first kappa shape index (κ1) is 18.7. The molecule has 7 heteroatoms. The standard InChI is InChI=1S/C22H20N2O5/c1-3-24-18-11-15(4-7-20(18)29-13-21(24)26)19(25)12-23-9-8-14-10-16(28-2)5-6-17(14)22(23)27/h4-11H,3,12-13H2,1-2H3. The summed E-state index contributed by atoms with van der Waals surface area (Å²) in [7, 11) is 1.57. The molecule has 7 nitrogen and oxygen atoms in total. The van der Waals surface area contributed by atoms with E-state index in [2.05, 4.69) is 0 Å². The number of carbonyl (C=O) groups excluding carboxylic acids is 2. The SMILES string of the molecule is CCN1C(=O)COc2ccc(C(=O)Cn3ccc4cc(OC)ccc4c3=O)cc21. The first-order valence-corrected chi connectivity index (χ1v) is 9.29. The molecule has 3 aromatic rings. The zero-order valence-electron chi connectivity index (χ0n) is 16.2. The highest BCUT2D eigenvalue weighted by Gasteiger charge is 2.25. The maximum Gasteiger partial charge on any atom is 0.265 e. The zero-order chi connectivity index (χ0) is 20.5. The van der Waals surface area contributed by atoms with Gasteiger partial charge in [-0.2, -0.15) is 0 Å². The van der Waals surface area contributed by atoms with Gasteiger partial charge in [0, 0.05) is 23.7 Å². The van der Waals surface area contributed by atoms with Crippen LogP contribution >= 0.6 is 0 Å². The Balaban J connectivity index is 1.65. The number of amides is 1. The maximum absolute atomic E-state index is 12.8. The molecular weight excluding hydrogens is 372 g/mol. The molecule has 2 aromatic carbocycles. The van der Waals surface area contributed by atoms with Crippen LogP contribution in [0.5, 0.6) is 11.5 Å². The second-order valence-electron chi connectivity index (χ2n) is 6.73. The summed E-state index contributed by atoms with van der Waals surface area (Å²) in [6, 6.07) is 12.0. The lowest BCUT2D eigenvalue weighted by atomic mass is 10.1. The fourth-order valence-corrected chi connectivity index (χ4v) is 3.49. The molecule has 0 fully saturated rings. The molecule has 2 heterocycles. The molecule has 0 saturated heterocycles. The Morgan fingerprint density at radius 2 is 1.97 bits per heavy atom. The molecule has 0 atom stereocenters. The number of hydrogen-bond acceptors (Lipinski definition) is 5. The van der Waals surface area contributed by atoms with E-state index in [0.29, 0.717) is 34.7 Å². The molecule has 1 amide bonds. The fourth-order valence-electron chi connectivity index (χ4n) is 3.49. The Bertz CT molecular complexity index is 1180. The lowest BCUT2D eigenvalue weighted by Gasteiger charge is -2.28. The topological polar surface area (TPSA) is 77.8 Å². The van der Waals surface area contributed by atoms with E-state index in [1.54, 1.807) is 60.7 Å². The number of hydrogen-bond donors (Lipinski definition) is 0. The van der Waals surface area contributed by atoms with Gasteiger partial charge in [-0.05, 0) is 54.8 Å². The van der Waals surface area contributed by atoms with Crippen LogP contribution < -0.4 is 19.9 Å². The molecule has 0 aliphatic carbocycles. The van der Waals surface area contributed by atoms with Gasteiger partial charge in [0.2, 0.25) is 0 Å². The summed E-state index contributed by atoms with van der Waals surface area (Å²) in [6.45, 7) is 2.25. The van der Waals surface area contributed by atoms with Crippen LogP contribution in [0.1, 0.15) is 17.3 Å². The second kappa shape index (κ2) is 7.43. The first-order valence-electron chi connectivity index (χ1n) is 9.29. The number of likely N-dealkylation sites (N-methyl/N-ethyl adjacent to an activating group) is 1. The van der Waals surface area contributed by atoms with E-state index in [-0.39, 0.29) is 30.4 Å². The summed E-state index contributed by atoms with van der Waals surface area (Å²) < 4.78 is 12.0. The maximum atomic E-state index is 12.8. The molecule has 0 N–H and O–H groups in total. The molecule has 4 rings (SSSR count). The van der Waals surface area contributed by atoms with Crippen molar-refractivity contribution in [1.29, 1.82) is 0 Å². The summed E-state index contributed by atoms with van der Waals surface area (Å²) >= 11 is 0. The van der Waals surface area contributed by atoms with Crippen LogP contribution in [-0.2, 0) is 11.3 Å². The molecule has 0 bridgehead atoms. The van der Waals surface area contributed by atoms with Crippen molar-refractivity contribution in [3.8, 4) is 11.5 Å². The molecule has 1 aromatic heterocycles. The van der Waals surface area contributed by atoms with Crippen LogP contribution in [0.2, 0.25) is 0 Å². The highest BCUT2D eigenvalue weighted by molar-refractivity contribution is 6.02. The molecule has 0 spiro atoms. The van der Waals surface area contributed by atoms with Gasteiger partial charge in [0.1, 0.15) is 11.5 Å². The number of benzene rings is 2. The van der Waals surface area contributed by atoms with Gasteiger partial charge in [-0.1, -0.05) is 0 Å². The van der Waals surface area contributed by atoms with Crippen molar-refractivity contribution in [2.75, 3.05) is 25.2 Å². The molecular formula is C22H20N2O5.